The van der Waals surface area contributed by atoms with Crippen molar-refractivity contribution in [1.82, 2.24) is 0 Å². The van der Waals surface area contributed by atoms with Crippen LogP contribution in [0.2, 0.25) is 0 Å². The number of aryl methyl sites for hydroxylation is 1. The molecular weight excluding hydrogens is 286 g/mol. The SMILES string of the molecule is Cc1cc(NC(=O)CCOC2CCOCC2)ccc1C(=O)O. The van der Waals surface area contributed by atoms with Gasteiger partial charge in [-0.15, -0.1) is 0 Å². The van der Waals surface area contributed by atoms with Gasteiger partial charge in [0.05, 0.1) is 24.7 Å². The Balaban J connectivity index is 1.76. The van der Waals surface area contributed by atoms with Crippen molar-refractivity contribution < 1.29 is 24.2 Å². The summed E-state index contributed by atoms with van der Waals surface area (Å²) >= 11 is 0. The van der Waals surface area contributed by atoms with E-state index in [0.717, 1.165) is 12.8 Å². The van der Waals surface area contributed by atoms with Crippen molar-refractivity contribution in [3.8, 4) is 0 Å². The van der Waals surface area contributed by atoms with Crippen LogP contribution in [-0.2, 0) is 14.3 Å². The molecule has 2 rings (SSSR count). The second kappa shape index (κ2) is 7.91. The van der Waals surface area contributed by atoms with E-state index in [-0.39, 0.29) is 24.0 Å². The van der Waals surface area contributed by atoms with Gasteiger partial charge in [-0.3, -0.25) is 4.79 Å². The van der Waals surface area contributed by atoms with E-state index in [2.05, 4.69) is 5.32 Å². The van der Waals surface area contributed by atoms with Gasteiger partial charge >= 0.3 is 5.97 Å². The van der Waals surface area contributed by atoms with Crippen LogP contribution in [0.4, 0.5) is 5.69 Å². The summed E-state index contributed by atoms with van der Waals surface area (Å²) in [6.07, 6.45) is 2.20. The topological polar surface area (TPSA) is 84.9 Å². The molecular formula is C16H21NO5. The standard InChI is InChI=1S/C16H21NO5/c1-11-10-12(2-3-14(11)16(19)20)17-15(18)6-9-22-13-4-7-21-8-5-13/h2-3,10,13H,4-9H2,1H3,(H,17,18)(H,19,20). The molecule has 2 N–H and O–H groups in total. The summed E-state index contributed by atoms with van der Waals surface area (Å²) in [6, 6.07) is 4.74. The van der Waals surface area contributed by atoms with Gasteiger partial charge in [-0.1, -0.05) is 0 Å². The summed E-state index contributed by atoms with van der Waals surface area (Å²) in [5.74, 6) is -1.12. The zero-order valence-corrected chi connectivity index (χ0v) is 12.6. The molecule has 6 heteroatoms. The van der Waals surface area contributed by atoms with Crippen LogP contribution in [0.25, 0.3) is 0 Å². The fourth-order valence-electron chi connectivity index (χ4n) is 2.37. The maximum Gasteiger partial charge on any atom is 0.335 e. The van der Waals surface area contributed by atoms with Crippen LogP contribution in [0.15, 0.2) is 18.2 Å². The van der Waals surface area contributed by atoms with Gasteiger partial charge in [0.25, 0.3) is 0 Å². The molecule has 1 amide bonds. The lowest BCUT2D eigenvalue weighted by molar-refractivity contribution is -0.118. The van der Waals surface area contributed by atoms with E-state index in [0.29, 0.717) is 31.1 Å². The van der Waals surface area contributed by atoms with Gasteiger partial charge in [0.2, 0.25) is 5.91 Å². The van der Waals surface area contributed by atoms with Gasteiger partial charge < -0.3 is 19.9 Å². The van der Waals surface area contributed by atoms with Crippen molar-refractivity contribution in [1.29, 1.82) is 0 Å². The molecule has 0 spiro atoms. The van der Waals surface area contributed by atoms with Crippen molar-refractivity contribution in [2.24, 2.45) is 0 Å². The molecule has 1 heterocycles. The van der Waals surface area contributed by atoms with E-state index in [4.69, 9.17) is 14.6 Å². The van der Waals surface area contributed by atoms with E-state index in [9.17, 15) is 9.59 Å². The molecule has 0 atom stereocenters. The smallest absolute Gasteiger partial charge is 0.335 e. The lowest BCUT2D eigenvalue weighted by Crippen LogP contribution is -2.25. The summed E-state index contributed by atoms with van der Waals surface area (Å²) in [6.45, 7) is 3.51. The van der Waals surface area contributed by atoms with Crippen LogP contribution in [0.5, 0.6) is 0 Å². The van der Waals surface area contributed by atoms with Crippen molar-refractivity contribution in [2.45, 2.75) is 32.3 Å². The highest BCUT2D eigenvalue weighted by molar-refractivity contribution is 5.93. The number of carbonyl (C=O) groups is 2. The van der Waals surface area contributed by atoms with Gasteiger partial charge in [-0.2, -0.15) is 0 Å². The van der Waals surface area contributed by atoms with Crippen LogP contribution in [0.1, 0.15) is 35.2 Å². The first kappa shape index (κ1) is 16.5. The number of rotatable bonds is 6. The van der Waals surface area contributed by atoms with Gasteiger partial charge in [0.15, 0.2) is 0 Å². The van der Waals surface area contributed by atoms with Gasteiger partial charge in [-0.25, -0.2) is 4.79 Å². The summed E-state index contributed by atoms with van der Waals surface area (Å²) in [7, 11) is 0. The highest BCUT2D eigenvalue weighted by Gasteiger charge is 2.14. The minimum absolute atomic E-state index is 0.144. The second-order valence-corrected chi connectivity index (χ2v) is 5.32. The lowest BCUT2D eigenvalue weighted by atomic mass is 10.1. The molecule has 0 bridgehead atoms. The van der Waals surface area contributed by atoms with E-state index < -0.39 is 5.97 Å². The minimum atomic E-state index is -0.972. The number of hydrogen-bond donors (Lipinski definition) is 2. The predicted molar refractivity (Wildman–Crippen MR) is 81.2 cm³/mol. The fraction of sp³-hybridized carbons (Fsp3) is 0.500. The third-order valence-corrected chi connectivity index (χ3v) is 3.59. The van der Waals surface area contributed by atoms with Crippen LogP contribution in [0, 0.1) is 6.92 Å². The summed E-state index contributed by atoms with van der Waals surface area (Å²) in [5.41, 5.74) is 1.45. The Bertz CT molecular complexity index is 537. The first-order chi connectivity index (χ1) is 10.6. The summed E-state index contributed by atoms with van der Waals surface area (Å²) in [4.78, 5) is 22.8. The van der Waals surface area contributed by atoms with Gasteiger partial charge in [-0.05, 0) is 43.5 Å². The zero-order valence-electron chi connectivity index (χ0n) is 12.6. The molecule has 1 aromatic carbocycles. The molecule has 1 aliphatic rings. The Morgan fingerprint density at radius 2 is 2.09 bits per heavy atom. The number of benzene rings is 1. The Hall–Kier alpha value is -1.92. The molecule has 0 saturated carbocycles. The average Bonchev–Trinajstić information content (AvgIpc) is 2.48. The van der Waals surface area contributed by atoms with Crippen LogP contribution < -0.4 is 5.32 Å². The Morgan fingerprint density at radius 1 is 1.36 bits per heavy atom. The summed E-state index contributed by atoms with van der Waals surface area (Å²) < 4.78 is 10.9. The number of ether oxygens (including phenoxy) is 2. The van der Waals surface area contributed by atoms with E-state index in [1.807, 2.05) is 0 Å². The third kappa shape index (κ3) is 4.82. The Labute approximate surface area is 129 Å². The number of carbonyl (C=O) groups excluding carboxylic acids is 1. The molecule has 1 saturated heterocycles. The number of carboxylic acids is 1. The van der Waals surface area contributed by atoms with Crippen LogP contribution >= 0.6 is 0 Å². The van der Waals surface area contributed by atoms with Gasteiger partial charge in [0.1, 0.15) is 0 Å². The highest BCUT2D eigenvalue weighted by Crippen LogP contribution is 2.16. The molecule has 0 aromatic heterocycles. The monoisotopic (exact) mass is 307 g/mol. The molecule has 0 aliphatic carbocycles. The first-order valence-corrected chi connectivity index (χ1v) is 7.39. The molecule has 1 aliphatic heterocycles. The van der Waals surface area contributed by atoms with Crippen LogP contribution in [0.3, 0.4) is 0 Å². The highest BCUT2D eigenvalue weighted by atomic mass is 16.5. The fourth-order valence-corrected chi connectivity index (χ4v) is 2.37. The number of amides is 1. The number of nitrogens with one attached hydrogen (secondary N) is 1. The number of aromatic carboxylic acids is 1. The second-order valence-electron chi connectivity index (χ2n) is 5.32. The molecule has 0 unspecified atom stereocenters. The minimum Gasteiger partial charge on any atom is -0.478 e. The number of carboxylic acid groups (broad SMARTS) is 1. The molecule has 6 nitrogen and oxygen atoms in total. The Kier molecular flexibility index (Phi) is 5.91. The van der Waals surface area contributed by atoms with Crippen molar-refractivity contribution in [3.05, 3.63) is 29.3 Å². The Morgan fingerprint density at radius 3 is 2.73 bits per heavy atom. The zero-order chi connectivity index (χ0) is 15.9. The quantitative estimate of drug-likeness (QED) is 0.841. The third-order valence-electron chi connectivity index (χ3n) is 3.59. The van der Waals surface area contributed by atoms with E-state index >= 15 is 0 Å². The average molecular weight is 307 g/mol. The largest absolute Gasteiger partial charge is 0.478 e. The molecule has 22 heavy (non-hydrogen) atoms. The van der Waals surface area contributed by atoms with Crippen molar-refractivity contribution in [2.75, 3.05) is 25.1 Å². The van der Waals surface area contributed by atoms with Crippen molar-refractivity contribution >= 4 is 17.6 Å². The lowest BCUT2D eigenvalue weighted by Gasteiger charge is -2.22. The predicted octanol–water partition coefficient (Wildman–Crippen LogP) is 2.22. The van der Waals surface area contributed by atoms with Crippen molar-refractivity contribution in [3.63, 3.8) is 0 Å². The molecule has 1 aromatic rings. The van der Waals surface area contributed by atoms with Gasteiger partial charge in [0, 0.05) is 18.9 Å². The molecule has 120 valence electrons. The van der Waals surface area contributed by atoms with E-state index in [1.165, 1.54) is 6.07 Å². The number of hydrogen-bond acceptors (Lipinski definition) is 4. The maximum atomic E-state index is 11.9. The first-order valence-electron chi connectivity index (χ1n) is 7.39. The molecule has 1 fully saturated rings. The molecule has 0 radical (unpaired) electrons. The summed E-state index contributed by atoms with van der Waals surface area (Å²) in [5, 5.41) is 11.7. The maximum absolute atomic E-state index is 11.9. The van der Waals surface area contributed by atoms with E-state index in [1.54, 1.807) is 19.1 Å². The number of anilines is 1. The normalized spacial score (nSPS) is 15.5. The van der Waals surface area contributed by atoms with Crippen LogP contribution in [-0.4, -0.2) is 42.9 Å².